The lowest BCUT2D eigenvalue weighted by atomic mass is 9.85. The second-order valence-electron chi connectivity index (χ2n) is 7.45. The molecule has 6 nitrogen and oxygen atoms in total. The normalized spacial score (nSPS) is 15.1. The van der Waals surface area contributed by atoms with Crippen molar-refractivity contribution in [1.29, 1.82) is 0 Å². The van der Waals surface area contributed by atoms with Crippen LogP contribution < -0.4 is 10.1 Å². The number of nitrogens with one attached hydrogen (secondary N) is 1. The second kappa shape index (κ2) is 10.1. The molecule has 158 valence electrons. The van der Waals surface area contributed by atoms with Crippen molar-refractivity contribution in [2.45, 2.75) is 32.6 Å². The number of hydrogen-bond donors (Lipinski definition) is 3. The van der Waals surface area contributed by atoms with E-state index in [0.717, 1.165) is 51.1 Å². The predicted octanol–water partition coefficient (Wildman–Crippen LogP) is 3.39. The van der Waals surface area contributed by atoms with Gasteiger partial charge in [0.25, 0.3) is 0 Å². The van der Waals surface area contributed by atoms with Gasteiger partial charge in [-0.3, -0.25) is 0 Å². The Kier molecular flexibility index (Phi) is 7.25. The van der Waals surface area contributed by atoms with E-state index in [-0.39, 0.29) is 0 Å². The van der Waals surface area contributed by atoms with Gasteiger partial charge in [0.05, 0.1) is 6.61 Å². The largest absolute Gasteiger partial charge is 0.493 e. The first kappa shape index (κ1) is 21.6. The van der Waals surface area contributed by atoms with Crippen LogP contribution in [0.2, 0.25) is 0 Å². The van der Waals surface area contributed by atoms with Gasteiger partial charge in [0.15, 0.2) is 0 Å². The molecule has 6 heteroatoms. The Hall–Kier alpha value is -3.12. The molecular weight excluding hydrogens is 382 g/mol. The molecule has 0 unspecified atom stereocenters. The molecule has 2 aliphatic heterocycles. The number of aryl methyl sites for hydroxylation is 1. The summed E-state index contributed by atoms with van der Waals surface area (Å²) in [4.78, 5) is 19.1. The van der Waals surface area contributed by atoms with E-state index in [2.05, 4.69) is 42.6 Å². The summed E-state index contributed by atoms with van der Waals surface area (Å²) in [6.07, 6.45) is 5.60. The minimum Gasteiger partial charge on any atom is -0.493 e. The van der Waals surface area contributed by atoms with Gasteiger partial charge < -0.3 is 20.3 Å². The van der Waals surface area contributed by atoms with Gasteiger partial charge in [-0.15, -0.1) is 0 Å². The van der Waals surface area contributed by atoms with E-state index in [1.807, 2.05) is 0 Å². The van der Waals surface area contributed by atoms with Crippen LogP contribution in [0.25, 0.3) is 11.1 Å². The van der Waals surface area contributed by atoms with Crippen molar-refractivity contribution < 1.29 is 24.5 Å². The fourth-order valence-electron chi connectivity index (χ4n) is 3.97. The molecule has 0 radical (unpaired) electrons. The van der Waals surface area contributed by atoms with E-state index in [1.165, 1.54) is 27.8 Å². The van der Waals surface area contributed by atoms with Crippen LogP contribution >= 0.6 is 0 Å². The van der Waals surface area contributed by atoms with Gasteiger partial charge in [0, 0.05) is 17.7 Å². The zero-order valence-corrected chi connectivity index (χ0v) is 17.1. The predicted molar refractivity (Wildman–Crippen MR) is 115 cm³/mol. The summed E-state index contributed by atoms with van der Waals surface area (Å²) in [7, 11) is 0. The summed E-state index contributed by atoms with van der Waals surface area (Å²) in [5.74, 6) is -1.39. The molecule has 0 bridgehead atoms. The molecular formula is C24H27NO5. The third-order valence-corrected chi connectivity index (χ3v) is 5.22. The van der Waals surface area contributed by atoms with E-state index in [0.29, 0.717) is 12.2 Å². The Morgan fingerprint density at radius 2 is 1.73 bits per heavy atom. The Balaban J connectivity index is 0.000000275. The first-order chi connectivity index (χ1) is 14.5. The number of fused-ring (bicyclic) bond motifs is 2. The van der Waals surface area contributed by atoms with Crippen molar-refractivity contribution in [1.82, 2.24) is 5.32 Å². The Bertz CT molecular complexity index is 948. The topological polar surface area (TPSA) is 95.9 Å². The summed E-state index contributed by atoms with van der Waals surface area (Å²) >= 11 is 0. The van der Waals surface area contributed by atoms with Crippen LogP contribution in [-0.2, 0) is 28.9 Å². The van der Waals surface area contributed by atoms with Crippen LogP contribution in [0, 0.1) is 6.92 Å². The highest BCUT2D eigenvalue weighted by molar-refractivity contribution is 5.89. The smallest absolute Gasteiger partial charge is 0.328 e. The number of ether oxygens (including phenoxy) is 1. The van der Waals surface area contributed by atoms with E-state index in [9.17, 15) is 9.59 Å². The fraction of sp³-hybridized carbons (Fsp3) is 0.333. The summed E-state index contributed by atoms with van der Waals surface area (Å²) in [6.45, 7) is 5.18. The molecule has 0 aliphatic carbocycles. The number of carboxylic acid groups (broad SMARTS) is 2. The zero-order chi connectivity index (χ0) is 21.5. The van der Waals surface area contributed by atoms with Crippen LogP contribution in [0.15, 0.2) is 42.5 Å². The minimum absolute atomic E-state index is 0.558. The molecule has 0 saturated heterocycles. The van der Waals surface area contributed by atoms with E-state index < -0.39 is 11.9 Å². The lowest BCUT2D eigenvalue weighted by Gasteiger charge is -2.25. The van der Waals surface area contributed by atoms with E-state index in [1.54, 1.807) is 5.56 Å². The molecule has 0 amide bonds. The highest BCUT2D eigenvalue weighted by Crippen LogP contribution is 2.40. The molecule has 3 N–H and O–H groups in total. The van der Waals surface area contributed by atoms with E-state index >= 15 is 0 Å². The van der Waals surface area contributed by atoms with E-state index in [4.69, 9.17) is 14.9 Å². The zero-order valence-electron chi connectivity index (χ0n) is 17.1. The molecule has 0 saturated carbocycles. The van der Waals surface area contributed by atoms with Gasteiger partial charge in [-0.25, -0.2) is 9.59 Å². The van der Waals surface area contributed by atoms with Crippen LogP contribution in [0.3, 0.4) is 0 Å². The van der Waals surface area contributed by atoms with Crippen molar-refractivity contribution in [3.05, 3.63) is 64.7 Å². The van der Waals surface area contributed by atoms with Crippen molar-refractivity contribution in [2.24, 2.45) is 0 Å². The third kappa shape index (κ3) is 5.48. The lowest BCUT2D eigenvalue weighted by Crippen LogP contribution is -2.16. The highest BCUT2D eigenvalue weighted by atomic mass is 16.5. The third-order valence-electron chi connectivity index (χ3n) is 5.22. The quantitative estimate of drug-likeness (QED) is 0.673. The SMILES string of the molecule is Cc1cccc(-c2c3c(cc4c2CCCO4)CCNCC3)c1.O=C(O)/C=C/C(=O)O. The fourth-order valence-corrected chi connectivity index (χ4v) is 3.97. The molecule has 4 rings (SSSR count). The molecule has 2 aliphatic rings. The standard InChI is InChI=1S/C20H23NO.C4H4O4/c1-14-4-2-5-16(12-14)20-17-8-10-21-9-7-15(17)13-19-18(20)6-3-11-22-19;5-3(6)1-2-4(7)8/h2,4-5,12-13,21H,3,6-11H2,1H3;1-2H,(H,5,6)(H,7,8)/b;2-1+. The van der Waals surface area contributed by atoms with Crippen molar-refractivity contribution in [2.75, 3.05) is 19.7 Å². The van der Waals surface area contributed by atoms with Gasteiger partial charge >= 0.3 is 11.9 Å². The molecule has 0 fully saturated rings. The Morgan fingerprint density at radius 3 is 2.43 bits per heavy atom. The van der Waals surface area contributed by atoms with Gasteiger partial charge in [-0.2, -0.15) is 0 Å². The molecule has 2 heterocycles. The maximum atomic E-state index is 9.55. The molecule has 0 spiro atoms. The first-order valence-electron chi connectivity index (χ1n) is 10.2. The summed E-state index contributed by atoms with van der Waals surface area (Å²) in [5, 5.41) is 19.2. The van der Waals surface area contributed by atoms with Gasteiger partial charge in [-0.05, 0) is 74.0 Å². The number of aliphatic carboxylic acids is 2. The number of benzene rings is 2. The molecule has 0 atom stereocenters. The maximum Gasteiger partial charge on any atom is 0.328 e. The van der Waals surface area contributed by atoms with Crippen LogP contribution in [-0.4, -0.2) is 41.8 Å². The van der Waals surface area contributed by atoms with Crippen molar-refractivity contribution in [3.63, 3.8) is 0 Å². The second-order valence-corrected chi connectivity index (χ2v) is 7.45. The number of rotatable bonds is 3. The monoisotopic (exact) mass is 409 g/mol. The van der Waals surface area contributed by atoms with Crippen molar-refractivity contribution >= 4 is 11.9 Å². The number of carboxylic acids is 2. The number of carbonyl (C=O) groups is 2. The van der Waals surface area contributed by atoms with Crippen molar-refractivity contribution in [3.8, 4) is 16.9 Å². The maximum absolute atomic E-state index is 9.55. The van der Waals surface area contributed by atoms with Gasteiger partial charge in [0.2, 0.25) is 0 Å². The Labute approximate surface area is 176 Å². The average molecular weight is 409 g/mol. The van der Waals surface area contributed by atoms with Crippen LogP contribution in [0.1, 0.15) is 28.7 Å². The molecule has 2 aromatic rings. The summed E-state index contributed by atoms with van der Waals surface area (Å²) < 4.78 is 6.00. The summed E-state index contributed by atoms with van der Waals surface area (Å²) in [5.41, 5.74) is 8.59. The average Bonchev–Trinajstić information content (AvgIpc) is 2.96. The molecule has 30 heavy (non-hydrogen) atoms. The summed E-state index contributed by atoms with van der Waals surface area (Å²) in [6, 6.07) is 11.2. The number of hydrogen-bond acceptors (Lipinski definition) is 4. The van der Waals surface area contributed by atoms with Crippen LogP contribution in [0.4, 0.5) is 0 Å². The molecule has 0 aromatic heterocycles. The van der Waals surface area contributed by atoms with Gasteiger partial charge in [0.1, 0.15) is 5.75 Å². The molecule has 2 aromatic carbocycles. The highest BCUT2D eigenvalue weighted by Gasteiger charge is 2.23. The first-order valence-corrected chi connectivity index (χ1v) is 10.2. The Morgan fingerprint density at radius 1 is 1.00 bits per heavy atom. The minimum atomic E-state index is -1.26. The lowest BCUT2D eigenvalue weighted by molar-refractivity contribution is -0.134. The van der Waals surface area contributed by atoms with Gasteiger partial charge in [-0.1, -0.05) is 29.8 Å². The van der Waals surface area contributed by atoms with Crippen LogP contribution in [0.5, 0.6) is 5.75 Å².